The first kappa shape index (κ1) is 40.1. The Morgan fingerprint density at radius 3 is 1.40 bits per heavy atom. The molecule has 1 aromatic heterocycles. The molecule has 1 aliphatic rings. The van der Waals surface area contributed by atoms with Crippen LogP contribution >= 0.6 is 0 Å². The summed E-state index contributed by atoms with van der Waals surface area (Å²) >= 11 is 0. The summed E-state index contributed by atoms with van der Waals surface area (Å²) in [6.45, 7) is 2.29. The summed E-state index contributed by atoms with van der Waals surface area (Å²) in [6, 6.07) is 86.3. The molecule has 0 saturated carbocycles. The molecule has 1 heterocycles. The van der Waals surface area contributed by atoms with Crippen LogP contribution < -0.4 is 4.90 Å². The zero-order valence-corrected chi connectivity index (χ0v) is 37.4. The molecular formula is C65H48N2. The second kappa shape index (κ2) is 17.2. The first-order valence-corrected chi connectivity index (χ1v) is 23.4. The van der Waals surface area contributed by atoms with E-state index in [1.165, 1.54) is 93.9 Å². The van der Waals surface area contributed by atoms with Gasteiger partial charge in [-0.2, -0.15) is 0 Å². The van der Waals surface area contributed by atoms with Crippen molar-refractivity contribution >= 4 is 55.3 Å². The van der Waals surface area contributed by atoms with Crippen LogP contribution in [0.1, 0.15) is 13.3 Å². The number of benzene rings is 10. The maximum Gasteiger partial charge on any atom is 0.0625 e. The highest BCUT2D eigenvalue weighted by Crippen LogP contribution is 2.45. The van der Waals surface area contributed by atoms with Gasteiger partial charge in [0.05, 0.1) is 11.0 Å². The van der Waals surface area contributed by atoms with Crippen LogP contribution in [-0.4, -0.2) is 4.57 Å². The Morgan fingerprint density at radius 1 is 0.403 bits per heavy atom. The number of allylic oxidation sites excluding steroid dienone is 4. The second-order valence-corrected chi connectivity index (χ2v) is 17.8. The first-order valence-electron chi connectivity index (χ1n) is 23.4. The SMILES string of the molecule is CC1C=CC(n2c3ccccc3c3c(-c4cccc(N(c5ccc(-c6ccc(-c7ccccc7)cc6)cc5)c5ccc(-c6ccc(-c7ccccc7)cc6)cc5)c4)cc4ccccc4c32)=CC1. The highest BCUT2D eigenvalue weighted by molar-refractivity contribution is 6.24. The summed E-state index contributed by atoms with van der Waals surface area (Å²) in [7, 11) is 0. The monoisotopic (exact) mass is 856 g/mol. The lowest BCUT2D eigenvalue weighted by Gasteiger charge is -2.26. The molecule has 1 unspecified atom stereocenters. The second-order valence-electron chi connectivity index (χ2n) is 17.8. The molecule has 10 aromatic carbocycles. The average molecular weight is 857 g/mol. The van der Waals surface area contributed by atoms with Gasteiger partial charge >= 0.3 is 0 Å². The van der Waals surface area contributed by atoms with Crippen LogP contribution in [0.25, 0.3) is 93.9 Å². The standard InChI is InChI=1S/C65H48N2/c1-45-23-37-58(38-24-45)67-63-22-11-10-21-61(63)64-62(44-55-17-8-9-20-60(55)65(64)67)54-18-12-19-59(43-54)66(56-39-33-52(34-40-56)50-29-25-48(26-30-50)46-13-4-2-5-14-46)57-41-35-53(36-42-57)51-31-27-49(28-32-51)47-15-6-3-7-16-47/h2-23,25-45H,24H2,1H3. The van der Waals surface area contributed by atoms with Gasteiger partial charge in [0.15, 0.2) is 0 Å². The molecular weight excluding hydrogens is 809 g/mol. The van der Waals surface area contributed by atoms with E-state index in [4.69, 9.17) is 0 Å². The molecule has 0 radical (unpaired) electrons. The average Bonchev–Trinajstić information content (AvgIpc) is 3.75. The third-order valence-corrected chi connectivity index (χ3v) is 13.5. The predicted molar refractivity (Wildman–Crippen MR) is 286 cm³/mol. The maximum atomic E-state index is 2.50. The van der Waals surface area contributed by atoms with E-state index in [2.05, 4.69) is 271 Å². The summed E-state index contributed by atoms with van der Waals surface area (Å²) in [5.74, 6) is 0.528. The number of anilines is 3. The Balaban J connectivity index is 0.976. The third-order valence-electron chi connectivity index (χ3n) is 13.5. The summed E-state index contributed by atoms with van der Waals surface area (Å²) < 4.78 is 2.50. The summed E-state index contributed by atoms with van der Waals surface area (Å²) in [5, 5.41) is 5.02. The summed E-state index contributed by atoms with van der Waals surface area (Å²) in [6.07, 6.45) is 8.10. The quantitative estimate of drug-likeness (QED) is 0.140. The largest absolute Gasteiger partial charge is 0.310 e. The van der Waals surface area contributed by atoms with E-state index in [0.717, 1.165) is 23.5 Å². The lowest BCUT2D eigenvalue weighted by Crippen LogP contribution is -2.10. The predicted octanol–water partition coefficient (Wildman–Crippen LogP) is 18.2. The number of aromatic nitrogens is 1. The molecule has 1 aliphatic carbocycles. The number of nitrogens with zero attached hydrogens (tertiary/aromatic N) is 2. The minimum atomic E-state index is 0.528. The Labute approximate surface area is 392 Å². The zero-order chi connectivity index (χ0) is 44.7. The van der Waals surface area contributed by atoms with Crippen LogP contribution in [0.15, 0.2) is 255 Å². The molecule has 2 heteroatoms. The van der Waals surface area contributed by atoms with Gasteiger partial charge < -0.3 is 9.47 Å². The van der Waals surface area contributed by atoms with Crippen LogP contribution in [0.5, 0.6) is 0 Å². The normalized spacial score (nSPS) is 13.6. The van der Waals surface area contributed by atoms with Crippen molar-refractivity contribution in [1.29, 1.82) is 0 Å². The molecule has 318 valence electrons. The van der Waals surface area contributed by atoms with Gasteiger partial charge in [0, 0.05) is 38.9 Å². The molecule has 0 N–H and O–H groups in total. The van der Waals surface area contributed by atoms with Gasteiger partial charge in [-0.25, -0.2) is 0 Å². The first-order chi connectivity index (χ1) is 33.1. The van der Waals surface area contributed by atoms with Gasteiger partial charge in [0.25, 0.3) is 0 Å². The fourth-order valence-electron chi connectivity index (χ4n) is 10.0. The van der Waals surface area contributed by atoms with E-state index in [0.29, 0.717) is 5.92 Å². The van der Waals surface area contributed by atoms with Gasteiger partial charge in [0.2, 0.25) is 0 Å². The molecule has 12 rings (SSSR count). The number of para-hydroxylation sites is 1. The molecule has 0 spiro atoms. The Bertz CT molecular complexity index is 3490. The molecule has 0 aliphatic heterocycles. The minimum absolute atomic E-state index is 0.528. The summed E-state index contributed by atoms with van der Waals surface area (Å²) in [4.78, 5) is 2.40. The van der Waals surface area contributed by atoms with E-state index < -0.39 is 0 Å². The molecule has 0 bridgehead atoms. The van der Waals surface area contributed by atoms with E-state index >= 15 is 0 Å². The molecule has 11 aromatic rings. The van der Waals surface area contributed by atoms with E-state index in [9.17, 15) is 0 Å². The lowest BCUT2D eigenvalue weighted by molar-refractivity contribution is 0.735. The van der Waals surface area contributed by atoms with Crippen molar-refractivity contribution in [1.82, 2.24) is 4.57 Å². The van der Waals surface area contributed by atoms with Gasteiger partial charge in [0.1, 0.15) is 0 Å². The zero-order valence-electron chi connectivity index (χ0n) is 37.4. The van der Waals surface area contributed by atoms with Crippen LogP contribution in [0.2, 0.25) is 0 Å². The van der Waals surface area contributed by atoms with E-state index in [1.54, 1.807) is 0 Å². The van der Waals surface area contributed by atoms with Gasteiger partial charge in [-0.05, 0) is 128 Å². The number of fused-ring (bicyclic) bond motifs is 5. The molecule has 67 heavy (non-hydrogen) atoms. The third kappa shape index (κ3) is 7.53. The van der Waals surface area contributed by atoms with E-state index in [-0.39, 0.29) is 0 Å². The van der Waals surface area contributed by atoms with Crippen molar-refractivity contribution in [3.05, 3.63) is 255 Å². The van der Waals surface area contributed by atoms with Gasteiger partial charge in [-0.1, -0.05) is 207 Å². The topological polar surface area (TPSA) is 8.17 Å². The number of rotatable bonds is 9. The van der Waals surface area contributed by atoms with Crippen molar-refractivity contribution in [3.8, 4) is 55.6 Å². The van der Waals surface area contributed by atoms with Gasteiger partial charge in [-0.15, -0.1) is 0 Å². The van der Waals surface area contributed by atoms with Crippen LogP contribution in [0.3, 0.4) is 0 Å². The Kier molecular flexibility index (Phi) is 10.3. The van der Waals surface area contributed by atoms with Crippen molar-refractivity contribution in [2.75, 3.05) is 4.90 Å². The Hall–Kier alpha value is -8.46. The minimum Gasteiger partial charge on any atom is -0.310 e. The number of hydrogen-bond donors (Lipinski definition) is 0. The summed E-state index contributed by atoms with van der Waals surface area (Å²) in [5.41, 5.74) is 19.0. The highest BCUT2D eigenvalue weighted by atomic mass is 15.1. The molecule has 0 amide bonds. The van der Waals surface area contributed by atoms with Crippen LogP contribution in [-0.2, 0) is 0 Å². The lowest BCUT2D eigenvalue weighted by atomic mass is 9.94. The fraction of sp³-hybridized carbons (Fsp3) is 0.0462. The van der Waals surface area contributed by atoms with Crippen LogP contribution in [0, 0.1) is 5.92 Å². The molecule has 0 fully saturated rings. The van der Waals surface area contributed by atoms with E-state index in [1.807, 2.05) is 0 Å². The number of hydrogen-bond acceptors (Lipinski definition) is 1. The van der Waals surface area contributed by atoms with Gasteiger partial charge in [-0.3, -0.25) is 0 Å². The van der Waals surface area contributed by atoms with Crippen molar-refractivity contribution < 1.29 is 0 Å². The maximum absolute atomic E-state index is 2.50. The molecule has 0 saturated heterocycles. The fourth-order valence-corrected chi connectivity index (χ4v) is 10.0. The van der Waals surface area contributed by atoms with Crippen molar-refractivity contribution in [2.24, 2.45) is 5.92 Å². The molecule has 2 nitrogen and oxygen atoms in total. The van der Waals surface area contributed by atoms with Crippen molar-refractivity contribution in [3.63, 3.8) is 0 Å². The van der Waals surface area contributed by atoms with Crippen molar-refractivity contribution in [2.45, 2.75) is 13.3 Å². The van der Waals surface area contributed by atoms with Crippen LogP contribution in [0.4, 0.5) is 17.1 Å². The highest BCUT2D eigenvalue weighted by Gasteiger charge is 2.22. The Morgan fingerprint density at radius 2 is 0.866 bits per heavy atom. The molecule has 1 atom stereocenters. The smallest absolute Gasteiger partial charge is 0.0625 e.